The standard InChI is InChI=1S/C19H16N2/c1-13-10-14(2)21-18(12-20-19(21)11-13)17-9-5-7-15-6-3-4-8-16(15)17/h3-12H,1-2H3. The molecule has 2 aromatic heterocycles. The van der Waals surface area contributed by atoms with E-state index in [1.54, 1.807) is 0 Å². The summed E-state index contributed by atoms with van der Waals surface area (Å²) in [6.45, 7) is 4.25. The van der Waals surface area contributed by atoms with E-state index < -0.39 is 0 Å². The van der Waals surface area contributed by atoms with Crippen LogP contribution in [0.5, 0.6) is 0 Å². The predicted molar refractivity (Wildman–Crippen MR) is 87.6 cm³/mol. The molecule has 0 aliphatic heterocycles. The number of aromatic nitrogens is 2. The van der Waals surface area contributed by atoms with Gasteiger partial charge in [-0.3, -0.25) is 4.40 Å². The predicted octanol–water partition coefficient (Wildman–Crippen LogP) is 4.77. The Morgan fingerprint density at radius 1 is 0.905 bits per heavy atom. The minimum atomic E-state index is 1.01. The van der Waals surface area contributed by atoms with Gasteiger partial charge in [0.05, 0.1) is 11.9 Å². The number of rotatable bonds is 1. The van der Waals surface area contributed by atoms with Gasteiger partial charge in [0.1, 0.15) is 5.65 Å². The number of imidazole rings is 1. The number of nitrogens with zero attached hydrogens (tertiary/aromatic N) is 2. The van der Waals surface area contributed by atoms with Gasteiger partial charge < -0.3 is 0 Å². The highest BCUT2D eigenvalue weighted by atomic mass is 15.0. The molecule has 102 valence electrons. The fourth-order valence-electron chi connectivity index (χ4n) is 3.12. The lowest BCUT2D eigenvalue weighted by Gasteiger charge is -2.09. The smallest absolute Gasteiger partial charge is 0.137 e. The van der Waals surface area contributed by atoms with E-state index in [4.69, 9.17) is 0 Å². The molecule has 2 heteroatoms. The lowest BCUT2D eigenvalue weighted by Crippen LogP contribution is -1.95. The Hall–Kier alpha value is -2.61. The van der Waals surface area contributed by atoms with E-state index in [9.17, 15) is 0 Å². The molecule has 0 fully saturated rings. The second-order valence-electron chi connectivity index (χ2n) is 5.54. The minimum absolute atomic E-state index is 1.01. The fourth-order valence-corrected chi connectivity index (χ4v) is 3.12. The van der Waals surface area contributed by atoms with Gasteiger partial charge in [-0.05, 0) is 42.3 Å². The zero-order valence-electron chi connectivity index (χ0n) is 12.2. The summed E-state index contributed by atoms with van der Waals surface area (Å²) in [6, 6.07) is 19.3. The van der Waals surface area contributed by atoms with Crippen LogP contribution in [0, 0.1) is 13.8 Å². The van der Waals surface area contributed by atoms with Crippen LogP contribution in [0.1, 0.15) is 11.3 Å². The summed E-state index contributed by atoms with van der Waals surface area (Å²) in [5, 5.41) is 2.52. The monoisotopic (exact) mass is 272 g/mol. The van der Waals surface area contributed by atoms with Crippen molar-refractivity contribution in [2.24, 2.45) is 0 Å². The van der Waals surface area contributed by atoms with Crippen molar-refractivity contribution < 1.29 is 0 Å². The van der Waals surface area contributed by atoms with Crippen LogP contribution in [0.2, 0.25) is 0 Å². The first-order valence-corrected chi connectivity index (χ1v) is 7.17. The van der Waals surface area contributed by atoms with E-state index in [2.05, 4.69) is 77.8 Å². The Balaban J connectivity index is 2.10. The fraction of sp³-hybridized carbons (Fsp3) is 0.105. The number of pyridine rings is 1. The summed E-state index contributed by atoms with van der Waals surface area (Å²) in [7, 11) is 0. The number of fused-ring (bicyclic) bond motifs is 2. The number of hydrogen-bond donors (Lipinski definition) is 0. The van der Waals surface area contributed by atoms with Crippen molar-refractivity contribution in [3.8, 4) is 11.3 Å². The Labute approximate surface area is 123 Å². The molecule has 0 N–H and O–H groups in total. The van der Waals surface area contributed by atoms with Crippen molar-refractivity contribution >= 4 is 16.4 Å². The first-order chi connectivity index (χ1) is 10.2. The zero-order valence-corrected chi connectivity index (χ0v) is 12.2. The highest BCUT2D eigenvalue weighted by Crippen LogP contribution is 2.30. The Kier molecular flexibility index (Phi) is 2.58. The van der Waals surface area contributed by atoms with Crippen molar-refractivity contribution in [1.29, 1.82) is 0 Å². The van der Waals surface area contributed by atoms with Crippen LogP contribution in [-0.2, 0) is 0 Å². The van der Waals surface area contributed by atoms with Crippen molar-refractivity contribution in [3.05, 3.63) is 72.1 Å². The summed E-state index contributed by atoms with van der Waals surface area (Å²) >= 11 is 0. The second kappa shape index (κ2) is 4.45. The van der Waals surface area contributed by atoms with Gasteiger partial charge in [0, 0.05) is 11.3 Å². The van der Waals surface area contributed by atoms with E-state index in [-0.39, 0.29) is 0 Å². The van der Waals surface area contributed by atoms with Crippen LogP contribution in [0.15, 0.2) is 60.8 Å². The van der Waals surface area contributed by atoms with E-state index in [0.717, 1.165) is 11.3 Å². The van der Waals surface area contributed by atoms with Crippen LogP contribution < -0.4 is 0 Å². The summed E-state index contributed by atoms with van der Waals surface area (Å²) < 4.78 is 2.23. The van der Waals surface area contributed by atoms with E-state index in [0.29, 0.717) is 0 Å². The molecule has 2 heterocycles. The van der Waals surface area contributed by atoms with E-state index in [1.165, 1.54) is 27.6 Å². The lowest BCUT2D eigenvalue weighted by molar-refractivity contribution is 1.09. The third kappa shape index (κ3) is 1.83. The van der Waals surface area contributed by atoms with Gasteiger partial charge in [0.15, 0.2) is 0 Å². The molecule has 0 aliphatic carbocycles. The van der Waals surface area contributed by atoms with Gasteiger partial charge in [0.2, 0.25) is 0 Å². The zero-order chi connectivity index (χ0) is 14.4. The molecule has 21 heavy (non-hydrogen) atoms. The van der Waals surface area contributed by atoms with Gasteiger partial charge in [-0.25, -0.2) is 4.98 Å². The molecule has 0 amide bonds. The summed E-state index contributed by atoms with van der Waals surface area (Å²) in [6.07, 6.45) is 1.98. The van der Waals surface area contributed by atoms with Crippen molar-refractivity contribution in [1.82, 2.24) is 9.38 Å². The molecule has 0 spiro atoms. The Morgan fingerprint density at radius 3 is 2.62 bits per heavy atom. The van der Waals surface area contributed by atoms with Crippen LogP contribution in [0.3, 0.4) is 0 Å². The van der Waals surface area contributed by atoms with E-state index in [1.807, 2.05) is 6.20 Å². The van der Waals surface area contributed by atoms with Crippen molar-refractivity contribution in [3.63, 3.8) is 0 Å². The molecule has 2 nitrogen and oxygen atoms in total. The maximum absolute atomic E-state index is 4.59. The SMILES string of the molecule is Cc1cc(C)n2c(-c3cccc4ccccc34)cnc2c1. The average Bonchev–Trinajstić information content (AvgIpc) is 2.90. The van der Waals surface area contributed by atoms with Gasteiger partial charge in [-0.2, -0.15) is 0 Å². The average molecular weight is 272 g/mol. The second-order valence-corrected chi connectivity index (χ2v) is 5.54. The van der Waals surface area contributed by atoms with Gasteiger partial charge in [-0.1, -0.05) is 42.5 Å². The topological polar surface area (TPSA) is 17.3 Å². The summed E-state index contributed by atoms with van der Waals surface area (Å²) in [4.78, 5) is 4.59. The number of hydrogen-bond acceptors (Lipinski definition) is 1. The molecule has 4 rings (SSSR count). The Bertz CT molecular complexity index is 959. The van der Waals surface area contributed by atoms with Crippen LogP contribution >= 0.6 is 0 Å². The molecule has 4 aromatic rings. The summed E-state index contributed by atoms with van der Waals surface area (Å²) in [5.41, 5.74) is 5.85. The van der Waals surface area contributed by atoms with Crippen molar-refractivity contribution in [2.45, 2.75) is 13.8 Å². The molecule has 0 saturated carbocycles. The molecule has 0 aliphatic rings. The van der Waals surface area contributed by atoms with Crippen LogP contribution in [0.4, 0.5) is 0 Å². The normalized spacial score (nSPS) is 11.3. The highest BCUT2D eigenvalue weighted by molar-refractivity contribution is 5.96. The first-order valence-electron chi connectivity index (χ1n) is 7.17. The minimum Gasteiger partial charge on any atom is -0.297 e. The third-order valence-corrected chi connectivity index (χ3v) is 4.00. The molecule has 0 atom stereocenters. The molecular formula is C19H16N2. The largest absolute Gasteiger partial charge is 0.297 e. The van der Waals surface area contributed by atoms with Gasteiger partial charge >= 0.3 is 0 Å². The quantitative estimate of drug-likeness (QED) is 0.488. The maximum atomic E-state index is 4.59. The van der Waals surface area contributed by atoms with Crippen molar-refractivity contribution in [2.75, 3.05) is 0 Å². The molecule has 0 bridgehead atoms. The van der Waals surface area contributed by atoms with Crippen LogP contribution in [-0.4, -0.2) is 9.38 Å². The molecule has 0 saturated heterocycles. The van der Waals surface area contributed by atoms with E-state index >= 15 is 0 Å². The van der Waals surface area contributed by atoms with Gasteiger partial charge in [-0.15, -0.1) is 0 Å². The highest BCUT2D eigenvalue weighted by Gasteiger charge is 2.10. The third-order valence-electron chi connectivity index (χ3n) is 4.00. The number of benzene rings is 2. The summed E-state index contributed by atoms with van der Waals surface area (Å²) in [5.74, 6) is 0. The first kappa shape index (κ1) is 12.2. The molecule has 0 radical (unpaired) electrons. The van der Waals surface area contributed by atoms with Crippen LogP contribution in [0.25, 0.3) is 27.7 Å². The molecule has 0 unspecified atom stereocenters. The Morgan fingerprint density at radius 2 is 1.71 bits per heavy atom. The lowest BCUT2D eigenvalue weighted by atomic mass is 10.0. The molecule has 2 aromatic carbocycles. The number of aryl methyl sites for hydroxylation is 2. The molecular weight excluding hydrogens is 256 g/mol. The maximum Gasteiger partial charge on any atom is 0.137 e. The van der Waals surface area contributed by atoms with Gasteiger partial charge in [0.25, 0.3) is 0 Å².